The van der Waals surface area contributed by atoms with E-state index in [1.54, 1.807) is 6.07 Å². The number of carbonyl (C=O) groups excluding carboxylic acids is 1. The van der Waals surface area contributed by atoms with Crippen LogP contribution in [-0.2, 0) is 0 Å². The van der Waals surface area contributed by atoms with Crippen LogP contribution < -0.4 is 5.69 Å². The Morgan fingerprint density at radius 3 is 2.86 bits per heavy atom. The minimum Gasteiger partial charge on any atom is -0.305 e. The highest BCUT2D eigenvalue weighted by molar-refractivity contribution is 14.1. The molecule has 0 radical (unpaired) electrons. The van der Waals surface area contributed by atoms with Gasteiger partial charge in [-0.3, -0.25) is 4.79 Å². The Balaban J connectivity index is 2.91. The molecule has 0 saturated heterocycles. The van der Waals surface area contributed by atoms with E-state index < -0.39 is 0 Å². The van der Waals surface area contributed by atoms with Gasteiger partial charge >= 0.3 is 5.69 Å². The zero-order valence-electron chi connectivity index (χ0n) is 7.37. The van der Waals surface area contributed by atoms with Gasteiger partial charge in [-0.25, -0.2) is 9.36 Å². The van der Waals surface area contributed by atoms with Crippen LogP contribution in [0.1, 0.15) is 11.7 Å². The number of H-pyrrole nitrogens is 1. The number of halogens is 1. The van der Waals surface area contributed by atoms with E-state index in [0.29, 0.717) is 11.0 Å². The molecule has 5 heteroatoms. The summed E-state index contributed by atoms with van der Waals surface area (Å²) < 4.78 is 2.15. The molecule has 2 rings (SSSR count). The Kier molecular flexibility index (Phi) is 2.18. The largest absolute Gasteiger partial charge is 0.333 e. The summed E-state index contributed by atoms with van der Waals surface area (Å²) in [6, 6.07) is 5.45. The van der Waals surface area contributed by atoms with Crippen molar-refractivity contribution in [1.82, 2.24) is 9.55 Å². The highest BCUT2D eigenvalue weighted by atomic mass is 127. The normalized spacial score (nSPS) is 10.7. The predicted octanol–water partition coefficient (Wildman–Crippen LogP) is 1.59. The second-order valence-electron chi connectivity index (χ2n) is 2.95. The molecule has 0 bridgehead atoms. The van der Waals surface area contributed by atoms with Crippen molar-refractivity contribution in [2.45, 2.75) is 6.92 Å². The summed E-state index contributed by atoms with van der Waals surface area (Å²) >= 11 is 2.15. The van der Waals surface area contributed by atoms with Crippen LogP contribution >= 0.6 is 22.6 Å². The minimum atomic E-state index is -0.380. The van der Waals surface area contributed by atoms with E-state index in [1.807, 2.05) is 12.1 Å². The molecule has 0 aliphatic rings. The van der Waals surface area contributed by atoms with E-state index in [-0.39, 0.29) is 11.6 Å². The summed E-state index contributed by atoms with van der Waals surface area (Å²) in [6.45, 7) is 1.37. The number of aromatic nitrogens is 2. The molecule has 0 amide bonds. The lowest BCUT2D eigenvalue weighted by molar-refractivity contribution is 0.0937. The van der Waals surface area contributed by atoms with E-state index in [9.17, 15) is 9.59 Å². The van der Waals surface area contributed by atoms with Gasteiger partial charge in [0.2, 0.25) is 5.91 Å². The third-order valence-electron chi connectivity index (χ3n) is 1.96. The van der Waals surface area contributed by atoms with E-state index >= 15 is 0 Å². The van der Waals surface area contributed by atoms with Crippen molar-refractivity contribution >= 4 is 39.5 Å². The monoisotopic (exact) mass is 302 g/mol. The lowest BCUT2D eigenvalue weighted by atomic mass is 10.3. The first-order chi connectivity index (χ1) is 6.59. The summed E-state index contributed by atoms with van der Waals surface area (Å²) in [7, 11) is 0. The number of rotatable bonds is 0. The Morgan fingerprint density at radius 2 is 2.21 bits per heavy atom. The molecule has 0 aliphatic heterocycles. The minimum absolute atomic E-state index is 0.276. The summed E-state index contributed by atoms with van der Waals surface area (Å²) in [6.07, 6.45) is 0. The third kappa shape index (κ3) is 1.37. The van der Waals surface area contributed by atoms with Crippen molar-refractivity contribution in [2.24, 2.45) is 0 Å². The molecule has 0 spiro atoms. The predicted molar refractivity (Wildman–Crippen MR) is 61.6 cm³/mol. The molecule has 0 atom stereocenters. The number of carbonyl (C=O) groups is 1. The highest BCUT2D eigenvalue weighted by Gasteiger charge is 2.09. The summed E-state index contributed by atoms with van der Waals surface area (Å²) in [5, 5.41) is 0. The van der Waals surface area contributed by atoms with Gasteiger partial charge in [-0.1, -0.05) is 0 Å². The number of aromatic amines is 1. The molecule has 0 unspecified atom stereocenters. The van der Waals surface area contributed by atoms with Gasteiger partial charge in [0, 0.05) is 10.5 Å². The molecule has 1 aromatic heterocycles. The van der Waals surface area contributed by atoms with E-state index in [0.717, 1.165) is 8.14 Å². The zero-order chi connectivity index (χ0) is 10.3. The second kappa shape index (κ2) is 3.23. The average molecular weight is 302 g/mol. The van der Waals surface area contributed by atoms with Crippen molar-refractivity contribution in [1.29, 1.82) is 0 Å². The standard InChI is InChI=1S/C9H7IN2O2/c1-5(13)12-8-3-2-6(10)4-7(8)11-9(12)14/h2-4H,1H3,(H,11,14). The fourth-order valence-corrected chi connectivity index (χ4v) is 1.89. The Labute approximate surface area is 93.1 Å². The van der Waals surface area contributed by atoms with Crippen LogP contribution in [0.15, 0.2) is 23.0 Å². The maximum atomic E-state index is 11.4. The fourth-order valence-electron chi connectivity index (χ4n) is 1.40. The molecule has 1 N–H and O–H groups in total. The molecule has 0 fully saturated rings. The van der Waals surface area contributed by atoms with Crippen LogP contribution in [0.25, 0.3) is 11.0 Å². The van der Waals surface area contributed by atoms with Crippen molar-refractivity contribution < 1.29 is 4.79 Å². The summed E-state index contributed by atoms with van der Waals surface area (Å²) in [5.41, 5.74) is 0.939. The molecule has 1 heterocycles. The first kappa shape index (κ1) is 9.45. The first-order valence-corrected chi connectivity index (χ1v) is 5.08. The zero-order valence-corrected chi connectivity index (χ0v) is 9.53. The summed E-state index contributed by atoms with van der Waals surface area (Å²) in [5.74, 6) is -0.276. The van der Waals surface area contributed by atoms with Gasteiger partial charge in [-0.2, -0.15) is 0 Å². The Bertz CT molecular complexity index is 568. The molecular formula is C9H7IN2O2. The lowest BCUT2D eigenvalue weighted by Gasteiger charge is -1.95. The second-order valence-corrected chi connectivity index (χ2v) is 4.19. The van der Waals surface area contributed by atoms with Gasteiger partial charge in [-0.05, 0) is 40.8 Å². The number of benzene rings is 1. The van der Waals surface area contributed by atoms with E-state index in [2.05, 4.69) is 27.6 Å². The lowest BCUT2D eigenvalue weighted by Crippen LogP contribution is -2.21. The molecule has 14 heavy (non-hydrogen) atoms. The van der Waals surface area contributed by atoms with Gasteiger partial charge in [0.25, 0.3) is 0 Å². The third-order valence-corrected chi connectivity index (χ3v) is 2.63. The van der Waals surface area contributed by atoms with Gasteiger partial charge in [0.15, 0.2) is 0 Å². The van der Waals surface area contributed by atoms with Gasteiger partial charge in [-0.15, -0.1) is 0 Å². The van der Waals surface area contributed by atoms with Crippen LogP contribution in [0.3, 0.4) is 0 Å². The number of hydrogen-bond donors (Lipinski definition) is 1. The Morgan fingerprint density at radius 1 is 1.50 bits per heavy atom. The van der Waals surface area contributed by atoms with Crippen molar-refractivity contribution in [2.75, 3.05) is 0 Å². The van der Waals surface area contributed by atoms with Crippen molar-refractivity contribution in [3.8, 4) is 0 Å². The molecule has 0 aliphatic carbocycles. The van der Waals surface area contributed by atoms with Gasteiger partial charge in [0.05, 0.1) is 11.0 Å². The molecule has 0 saturated carbocycles. The summed E-state index contributed by atoms with van der Waals surface area (Å²) in [4.78, 5) is 25.2. The van der Waals surface area contributed by atoms with Gasteiger partial charge in [0.1, 0.15) is 0 Å². The van der Waals surface area contributed by atoms with Crippen LogP contribution in [0.5, 0.6) is 0 Å². The van der Waals surface area contributed by atoms with Crippen LogP contribution in [0.2, 0.25) is 0 Å². The Hall–Kier alpha value is -1.11. The highest BCUT2D eigenvalue weighted by Crippen LogP contribution is 2.13. The molecule has 4 nitrogen and oxygen atoms in total. The quantitative estimate of drug-likeness (QED) is 0.751. The number of nitrogens with zero attached hydrogens (tertiary/aromatic N) is 1. The van der Waals surface area contributed by atoms with Crippen LogP contribution in [-0.4, -0.2) is 15.5 Å². The molecule has 2 aromatic rings. The topological polar surface area (TPSA) is 54.9 Å². The number of imidazole rings is 1. The van der Waals surface area contributed by atoms with Gasteiger partial charge < -0.3 is 4.98 Å². The first-order valence-electron chi connectivity index (χ1n) is 4.01. The fraction of sp³-hybridized carbons (Fsp3) is 0.111. The molecular weight excluding hydrogens is 295 g/mol. The smallest absolute Gasteiger partial charge is 0.305 e. The van der Waals surface area contributed by atoms with Crippen LogP contribution in [0, 0.1) is 3.57 Å². The maximum absolute atomic E-state index is 11.4. The molecule has 72 valence electrons. The number of nitrogens with one attached hydrogen (secondary N) is 1. The average Bonchev–Trinajstić information content (AvgIpc) is 2.39. The van der Waals surface area contributed by atoms with E-state index in [4.69, 9.17) is 0 Å². The number of hydrogen-bond acceptors (Lipinski definition) is 2. The van der Waals surface area contributed by atoms with Crippen molar-refractivity contribution in [3.05, 3.63) is 32.3 Å². The number of fused-ring (bicyclic) bond motifs is 1. The molecule has 1 aromatic carbocycles. The van der Waals surface area contributed by atoms with Crippen LogP contribution in [0.4, 0.5) is 0 Å². The SMILES string of the molecule is CC(=O)n1c(=O)[nH]c2cc(I)ccc21. The van der Waals surface area contributed by atoms with E-state index in [1.165, 1.54) is 6.92 Å². The van der Waals surface area contributed by atoms with Crippen molar-refractivity contribution in [3.63, 3.8) is 0 Å². The maximum Gasteiger partial charge on any atom is 0.333 e.